The summed E-state index contributed by atoms with van der Waals surface area (Å²) in [7, 11) is 1.67. The van der Waals surface area contributed by atoms with E-state index in [1.54, 1.807) is 44.4 Å². The minimum Gasteiger partial charge on any atom is -0.491 e. The Morgan fingerprint density at radius 1 is 0.714 bits per heavy atom. The lowest BCUT2D eigenvalue weighted by molar-refractivity contribution is 0.0654. The van der Waals surface area contributed by atoms with Crippen LogP contribution in [0.15, 0.2) is 48.5 Å². The molecule has 0 unspecified atom stereocenters. The Morgan fingerprint density at radius 2 is 1.34 bits per heavy atom. The highest BCUT2D eigenvalue weighted by Crippen LogP contribution is 2.37. The first-order chi connectivity index (χ1) is 16.9. The smallest absolute Gasteiger partial charge is 0.201 e. The highest BCUT2D eigenvalue weighted by molar-refractivity contribution is 5.65. The van der Waals surface area contributed by atoms with Crippen LogP contribution < -0.4 is 9.47 Å². The molecule has 4 rings (SSSR count). The summed E-state index contributed by atoms with van der Waals surface area (Å²) in [5.41, 5.74) is 1.61. The number of rotatable bonds is 8. The van der Waals surface area contributed by atoms with Gasteiger partial charge < -0.3 is 14.2 Å². The van der Waals surface area contributed by atoms with Crippen molar-refractivity contribution in [3.05, 3.63) is 82.9 Å². The number of benzene rings is 3. The minimum absolute atomic E-state index is 0.00491. The Morgan fingerprint density at radius 3 is 2.00 bits per heavy atom. The molecule has 7 heteroatoms. The van der Waals surface area contributed by atoms with Crippen molar-refractivity contribution in [2.45, 2.75) is 51.2 Å². The summed E-state index contributed by atoms with van der Waals surface area (Å²) in [5.74, 6) is -4.24. The van der Waals surface area contributed by atoms with Crippen LogP contribution in [0.3, 0.4) is 0 Å². The van der Waals surface area contributed by atoms with E-state index in [1.165, 1.54) is 18.2 Å². The molecule has 3 nitrogen and oxygen atoms in total. The molecule has 1 aliphatic rings. The van der Waals surface area contributed by atoms with Crippen molar-refractivity contribution in [2.75, 3.05) is 13.7 Å². The van der Waals surface area contributed by atoms with Gasteiger partial charge in [0.05, 0.1) is 12.7 Å². The van der Waals surface area contributed by atoms with E-state index < -0.39 is 23.3 Å². The number of halogens is 4. The zero-order chi connectivity index (χ0) is 24.9. The topological polar surface area (TPSA) is 27.7 Å². The molecule has 0 amide bonds. The lowest BCUT2D eigenvalue weighted by atomic mass is 9.82. The SMILES string of the molecule is CCOc1ccc(-c2ccc(COc3ccc(C4CCC(OC)CC4)c(F)c3F)cc2)c(F)c1F. The Hall–Kier alpha value is -3.06. The van der Waals surface area contributed by atoms with E-state index in [9.17, 15) is 17.6 Å². The number of hydrogen-bond acceptors (Lipinski definition) is 3. The first kappa shape index (κ1) is 25.0. The fourth-order valence-electron chi connectivity index (χ4n) is 4.55. The molecule has 0 aromatic heterocycles. The average Bonchev–Trinajstić information content (AvgIpc) is 2.88. The maximum Gasteiger partial charge on any atom is 0.201 e. The molecule has 0 N–H and O–H groups in total. The largest absolute Gasteiger partial charge is 0.491 e. The average molecular weight is 489 g/mol. The molecule has 0 atom stereocenters. The van der Waals surface area contributed by atoms with Gasteiger partial charge in [0, 0.05) is 12.7 Å². The third-order valence-corrected chi connectivity index (χ3v) is 6.53. The number of hydrogen-bond donors (Lipinski definition) is 0. The van der Waals surface area contributed by atoms with E-state index in [-0.39, 0.29) is 42.3 Å². The molecule has 0 spiro atoms. The predicted molar refractivity (Wildman–Crippen MR) is 126 cm³/mol. The van der Waals surface area contributed by atoms with Crippen LogP contribution in [0.5, 0.6) is 11.5 Å². The maximum atomic E-state index is 14.8. The fourth-order valence-corrected chi connectivity index (χ4v) is 4.55. The van der Waals surface area contributed by atoms with Crippen LogP contribution in [0.1, 0.15) is 49.7 Å². The molecule has 0 heterocycles. The van der Waals surface area contributed by atoms with Crippen LogP contribution >= 0.6 is 0 Å². The van der Waals surface area contributed by atoms with Gasteiger partial charge in [-0.25, -0.2) is 8.78 Å². The second-order valence-electron chi connectivity index (χ2n) is 8.65. The molecule has 3 aromatic carbocycles. The molecule has 0 bridgehead atoms. The Kier molecular flexibility index (Phi) is 7.96. The van der Waals surface area contributed by atoms with Gasteiger partial charge in [0.25, 0.3) is 0 Å². The molecule has 0 aliphatic heterocycles. The van der Waals surface area contributed by atoms with Gasteiger partial charge in [-0.15, -0.1) is 0 Å². The third-order valence-electron chi connectivity index (χ3n) is 6.53. The fraction of sp³-hybridized carbons (Fsp3) is 0.357. The first-order valence-electron chi connectivity index (χ1n) is 11.8. The van der Waals surface area contributed by atoms with Gasteiger partial charge in [0.2, 0.25) is 11.6 Å². The Bertz CT molecular complexity index is 1160. The van der Waals surface area contributed by atoms with Crippen LogP contribution in [0.4, 0.5) is 17.6 Å². The van der Waals surface area contributed by atoms with Gasteiger partial charge in [0.15, 0.2) is 23.1 Å². The molecule has 186 valence electrons. The zero-order valence-corrected chi connectivity index (χ0v) is 19.8. The maximum absolute atomic E-state index is 14.8. The van der Waals surface area contributed by atoms with E-state index in [0.717, 1.165) is 25.7 Å². The van der Waals surface area contributed by atoms with Crippen molar-refractivity contribution in [3.63, 3.8) is 0 Å². The Balaban J connectivity index is 1.42. The molecule has 35 heavy (non-hydrogen) atoms. The summed E-state index contributed by atoms with van der Waals surface area (Å²) >= 11 is 0. The summed E-state index contributed by atoms with van der Waals surface area (Å²) in [6, 6.07) is 12.5. The van der Waals surface area contributed by atoms with E-state index in [4.69, 9.17) is 14.2 Å². The monoisotopic (exact) mass is 488 g/mol. The van der Waals surface area contributed by atoms with E-state index in [1.807, 2.05) is 0 Å². The summed E-state index contributed by atoms with van der Waals surface area (Å²) in [4.78, 5) is 0. The van der Waals surface area contributed by atoms with E-state index >= 15 is 0 Å². The van der Waals surface area contributed by atoms with Crippen molar-refractivity contribution in [1.82, 2.24) is 0 Å². The number of methoxy groups -OCH3 is 1. The minimum atomic E-state index is -1.04. The van der Waals surface area contributed by atoms with Gasteiger partial charge in [-0.05, 0) is 73.4 Å². The summed E-state index contributed by atoms with van der Waals surface area (Å²) in [6.45, 7) is 1.91. The summed E-state index contributed by atoms with van der Waals surface area (Å²) in [6.07, 6.45) is 3.33. The molecule has 0 saturated heterocycles. The molecule has 3 aromatic rings. The predicted octanol–water partition coefficient (Wildman–Crippen LogP) is 7.56. The van der Waals surface area contributed by atoms with Crippen LogP contribution in [-0.4, -0.2) is 19.8 Å². The van der Waals surface area contributed by atoms with Crippen molar-refractivity contribution in [2.24, 2.45) is 0 Å². The highest BCUT2D eigenvalue weighted by atomic mass is 19.2. The van der Waals surface area contributed by atoms with Crippen molar-refractivity contribution >= 4 is 0 Å². The van der Waals surface area contributed by atoms with E-state index in [0.29, 0.717) is 16.7 Å². The van der Waals surface area contributed by atoms with Crippen LogP contribution in [0, 0.1) is 23.3 Å². The van der Waals surface area contributed by atoms with Crippen LogP contribution in [-0.2, 0) is 11.3 Å². The molecular formula is C28H28F4O3. The van der Waals surface area contributed by atoms with Crippen molar-refractivity contribution in [1.29, 1.82) is 0 Å². The highest BCUT2D eigenvalue weighted by Gasteiger charge is 2.26. The third kappa shape index (κ3) is 5.45. The number of ether oxygens (including phenoxy) is 3. The zero-order valence-electron chi connectivity index (χ0n) is 19.8. The summed E-state index contributed by atoms with van der Waals surface area (Å²) < 4.78 is 74.1. The van der Waals surface area contributed by atoms with Crippen molar-refractivity contribution < 1.29 is 31.8 Å². The van der Waals surface area contributed by atoms with Gasteiger partial charge >= 0.3 is 0 Å². The van der Waals surface area contributed by atoms with Gasteiger partial charge in [-0.1, -0.05) is 30.3 Å². The standard InChI is InChI=1S/C28H28F4O3/c1-3-34-23-14-12-21(25(29)27(23)31)18-6-4-17(5-7-18)16-35-24-15-13-22(26(30)28(24)32)19-8-10-20(33-2)11-9-19/h4-7,12-15,19-20H,3,8-11,16H2,1-2H3. The van der Waals surface area contributed by atoms with Gasteiger partial charge in [-0.2, -0.15) is 8.78 Å². The van der Waals surface area contributed by atoms with Gasteiger partial charge in [-0.3, -0.25) is 0 Å². The molecule has 1 saturated carbocycles. The van der Waals surface area contributed by atoms with Gasteiger partial charge in [0.1, 0.15) is 6.61 Å². The lowest BCUT2D eigenvalue weighted by Gasteiger charge is -2.28. The van der Waals surface area contributed by atoms with Crippen LogP contribution in [0.2, 0.25) is 0 Å². The second-order valence-corrected chi connectivity index (χ2v) is 8.65. The van der Waals surface area contributed by atoms with E-state index in [2.05, 4.69) is 0 Å². The summed E-state index contributed by atoms with van der Waals surface area (Å²) in [5, 5.41) is 0. The molecular weight excluding hydrogens is 460 g/mol. The normalized spacial score (nSPS) is 17.9. The second kappa shape index (κ2) is 11.1. The molecule has 1 aliphatic carbocycles. The Labute approximate surface area is 202 Å². The van der Waals surface area contributed by atoms with Crippen LogP contribution in [0.25, 0.3) is 11.1 Å². The van der Waals surface area contributed by atoms with Crippen molar-refractivity contribution in [3.8, 4) is 22.6 Å². The quantitative estimate of drug-likeness (QED) is 0.306. The molecule has 1 fully saturated rings. The lowest BCUT2D eigenvalue weighted by Crippen LogP contribution is -2.20. The molecule has 0 radical (unpaired) electrons. The first-order valence-corrected chi connectivity index (χ1v) is 11.8.